The normalized spacial score (nSPS) is 20.5. The van der Waals surface area contributed by atoms with E-state index in [0.29, 0.717) is 0 Å². The zero-order valence-corrected chi connectivity index (χ0v) is 9.95. The largest absolute Gasteiger partial charge is 0.338 e. The molecule has 0 bridgehead atoms. The lowest BCUT2D eigenvalue weighted by molar-refractivity contribution is 0.379. The Kier molecular flexibility index (Phi) is 3.34. The molecule has 0 saturated heterocycles. The van der Waals surface area contributed by atoms with E-state index >= 15 is 0 Å². The van der Waals surface area contributed by atoms with Gasteiger partial charge in [0.1, 0.15) is 0 Å². The average molecular weight is 222 g/mol. The molecule has 0 aromatic heterocycles. The quantitative estimate of drug-likeness (QED) is 0.733. The molecule has 0 aliphatic carbocycles. The predicted octanol–water partition coefficient (Wildman–Crippen LogP) is 3.23. The van der Waals surface area contributed by atoms with Gasteiger partial charge in [0.05, 0.1) is 18.5 Å². The molecule has 1 aromatic carbocycles. The third-order valence-electron chi connectivity index (χ3n) is 2.11. The van der Waals surface area contributed by atoms with Gasteiger partial charge in [-0.3, -0.25) is 0 Å². The van der Waals surface area contributed by atoms with Crippen LogP contribution in [0.2, 0.25) is 0 Å². The summed E-state index contributed by atoms with van der Waals surface area (Å²) in [5, 5.41) is 4.51. The first-order valence-corrected chi connectivity index (χ1v) is 6.50. The lowest BCUT2D eigenvalue weighted by Gasteiger charge is -2.21. The molecule has 1 aromatic rings. The number of benzene rings is 1. The monoisotopic (exact) mass is 222 g/mol. The average Bonchev–Trinajstić information content (AvgIpc) is 2.62. The second-order valence-electron chi connectivity index (χ2n) is 3.39. The molecule has 1 aliphatic heterocycles. The van der Waals surface area contributed by atoms with Crippen LogP contribution in [-0.4, -0.2) is 18.5 Å². The minimum atomic E-state index is -0.595. The van der Waals surface area contributed by atoms with Crippen LogP contribution in [0.3, 0.4) is 0 Å². The highest BCUT2D eigenvalue weighted by Crippen LogP contribution is 2.48. The molecule has 4 heteroatoms. The van der Waals surface area contributed by atoms with Crippen molar-refractivity contribution in [3.8, 4) is 0 Å². The van der Waals surface area contributed by atoms with Gasteiger partial charge in [-0.15, -0.1) is 0 Å². The van der Waals surface area contributed by atoms with E-state index < -0.39 is 8.30 Å². The van der Waals surface area contributed by atoms with E-state index in [0.717, 1.165) is 24.2 Å². The standard InChI is InChI=1S/C11H15N2OP/c1-3-14-15-9-10(2)12-13(15)11-7-5-4-6-8-11/h4-8H,3,9H2,1-2H3. The van der Waals surface area contributed by atoms with E-state index in [4.69, 9.17) is 4.52 Å². The summed E-state index contributed by atoms with van der Waals surface area (Å²) in [4.78, 5) is 0. The molecule has 0 fully saturated rings. The van der Waals surface area contributed by atoms with Crippen molar-refractivity contribution >= 4 is 19.7 Å². The maximum absolute atomic E-state index is 5.72. The molecule has 15 heavy (non-hydrogen) atoms. The van der Waals surface area contributed by atoms with Crippen LogP contribution in [0.4, 0.5) is 5.69 Å². The van der Waals surface area contributed by atoms with Gasteiger partial charge in [0.25, 0.3) is 0 Å². The van der Waals surface area contributed by atoms with Crippen LogP contribution in [0.25, 0.3) is 0 Å². The van der Waals surface area contributed by atoms with Crippen molar-refractivity contribution < 1.29 is 4.52 Å². The van der Waals surface area contributed by atoms with Crippen LogP contribution >= 0.6 is 8.30 Å². The van der Waals surface area contributed by atoms with Crippen molar-refractivity contribution in [2.45, 2.75) is 13.8 Å². The van der Waals surface area contributed by atoms with Crippen LogP contribution in [-0.2, 0) is 4.52 Å². The molecule has 1 aliphatic rings. The zero-order chi connectivity index (χ0) is 10.7. The molecule has 2 rings (SSSR count). The van der Waals surface area contributed by atoms with E-state index in [-0.39, 0.29) is 0 Å². The van der Waals surface area contributed by atoms with Gasteiger partial charge in [0.15, 0.2) is 8.30 Å². The maximum Gasteiger partial charge on any atom is 0.160 e. The Balaban J connectivity index is 2.19. The van der Waals surface area contributed by atoms with E-state index in [2.05, 4.69) is 24.2 Å². The number of rotatable bonds is 3. The summed E-state index contributed by atoms with van der Waals surface area (Å²) in [5.41, 5.74) is 2.27. The van der Waals surface area contributed by atoms with Crippen molar-refractivity contribution in [2.24, 2.45) is 5.10 Å². The summed E-state index contributed by atoms with van der Waals surface area (Å²) in [6.07, 6.45) is 0.956. The topological polar surface area (TPSA) is 24.8 Å². The number of para-hydroxylation sites is 1. The fourth-order valence-corrected chi connectivity index (χ4v) is 3.23. The molecular weight excluding hydrogens is 207 g/mol. The number of hydrazone groups is 1. The highest BCUT2D eigenvalue weighted by molar-refractivity contribution is 7.55. The molecule has 0 radical (unpaired) electrons. The third kappa shape index (κ3) is 2.36. The first-order valence-electron chi connectivity index (χ1n) is 5.11. The summed E-state index contributed by atoms with van der Waals surface area (Å²) < 4.78 is 7.74. The Morgan fingerprint density at radius 1 is 1.40 bits per heavy atom. The van der Waals surface area contributed by atoms with Crippen molar-refractivity contribution in [3.63, 3.8) is 0 Å². The Bertz CT molecular complexity index is 353. The van der Waals surface area contributed by atoms with Gasteiger partial charge < -0.3 is 4.52 Å². The Hall–Kier alpha value is -0.920. The fourth-order valence-electron chi connectivity index (χ4n) is 1.50. The maximum atomic E-state index is 5.72. The number of nitrogens with zero attached hydrogens (tertiary/aromatic N) is 2. The van der Waals surface area contributed by atoms with Crippen LogP contribution in [0.15, 0.2) is 35.4 Å². The van der Waals surface area contributed by atoms with E-state index in [1.807, 2.05) is 29.9 Å². The molecule has 1 unspecified atom stereocenters. The Labute approximate surface area is 91.6 Å². The van der Waals surface area contributed by atoms with Crippen molar-refractivity contribution in [1.29, 1.82) is 0 Å². The van der Waals surface area contributed by atoms with Gasteiger partial charge in [-0.05, 0) is 26.0 Å². The minimum absolute atomic E-state index is 0.595. The van der Waals surface area contributed by atoms with Crippen LogP contribution in [0.5, 0.6) is 0 Å². The first-order chi connectivity index (χ1) is 7.31. The summed E-state index contributed by atoms with van der Waals surface area (Å²) in [7, 11) is -0.595. The fraction of sp³-hybridized carbons (Fsp3) is 0.364. The number of anilines is 1. The van der Waals surface area contributed by atoms with Gasteiger partial charge in [-0.2, -0.15) is 5.10 Å². The van der Waals surface area contributed by atoms with Gasteiger partial charge in [0, 0.05) is 5.71 Å². The van der Waals surface area contributed by atoms with Crippen molar-refractivity contribution in [2.75, 3.05) is 17.5 Å². The van der Waals surface area contributed by atoms with Crippen LogP contribution < -0.4 is 4.78 Å². The van der Waals surface area contributed by atoms with Gasteiger partial charge in [0.2, 0.25) is 0 Å². The minimum Gasteiger partial charge on any atom is -0.338 e. The van der Waals surface area contributed by atoms with E-state index in [9.17, 15) is 0 Å². The highest BCUT2D eigenvalue weighted by atomic mass is 31.2. The van der Waals surface area contributed by atoms with Crippen LogP contribution in [0, 0.1) is 0 Å². The van der Waals surface area contributed by atoms with Gasteiger partial charge in [-0.1, -0.05) is 18.2 Å². The molecule has 1 heterocycles. The van der Waals surface area contributed by atoms with E-state index in [1.54, 1.807) is 0 Å². The molecular formula is C11H15N2OP. The lowest BCUT2D eigenvalue weighted by Crippen LogP contribution is -2.07. The summed E-state index contributed by atoms with van der Waals surface area (Å²) >= 11 is 0. The van der Waals surface area contributed by atoms with Crippen LogP contribution in [0.1, 0.15) is 13.8 Å². The van der Waals surface area contributed by atoms with Crippen molar-refractivity contribution in [1.82, 2.24) is 0 Å². The smallest absolute Gasteiger partial charge is 0.160 e. The molecule has 1 atom stereocenters. The lowest BCUT2D eigenvalue weighted by atomic mass is 10.3. The molecule has 0 spiro atoms. The van der Waals surface area contributed by atoms with Crippen molar-refractivity contribution in [3.05, 3.63) is 30.3 Å². The molecule has 0 N–H and O–H groups in total. The van der Waals surface area contributed by atoms with Gasteiger partial charge in [-0.25, -0.2) is 4.78 Å². The second-order valence-corrected chi connectivity index (χ2v) is 5.05. The molecule has 0 amide bonds. The second kappa shape index (κ2) is 4.73. The predicted molar refractivity (Wildman–Crippen MR) is 65.4 cm³/mol. The number of hydrogen-bond acceptors (Lipinski definition) is 3. The Morgan fingerprint density at radius 2 is 2.13 bits per heavy atom. The third-order valence-corrected chi connectivity index (χ3v) is 4.13. The Morgan fingerprint density at radius 3 is 2.80 bits per heavy atom. The summed E-state index contributed by atoms with van der Waals surface area (Å²) in [5.74, 6) is 0. The SMILES string of the molecule is CCOP1CC(C)=NN1c1ccccc1. The van der Waals surface area contributed by atoms with E-state index in [1.165, 1.54) is 0 Å². The molecule has 80 valence electrons. The molecule has 3 nitrogen and oxygen atoms in total. The highest BCUT2D eigenvalue weighted by Gasteiger charge is 2.26. The summed E-state index contributed by atoms with van der Waals surface area (Å²) in [6, 6.07) is 10.2. The zero-order valence-electron chi connectivity index (χ0n) is 9.05. The first kappa shape index (κ1) is 10.6. The summed E-state index contributed by atoms with van der Waals surface area (Å²) in [6.45, 7) is 4.83. The number of hydrogen-bond donors (Lipinski definition) is 0. The van der Waals surface area contributed by atoms with Gasteiger partial charge >= 0.3 is 0 Å². The molecule has 0 saturated carbocycles.